The van der Waals surface area contributed by atoms with Gasteiger partial charge in [-0.2, -0.15) is 4.31 Å². The first-order valence-electron chi connectivity index (χ1n) is 6.20. The summed E-state index contributed by atoms with van der Waals surface area (Å²) in [6, 6.07) is 4.64. The number of sulfonamides is 1. The van der Waals surface area contributed by atoms with Crippen LogP contribution in [0.4, 0.5) is 0 Å². The van der Waals surface area contributed by atoms with Crippen molar-refractivity contribution in [1.82, 2.24) is 4.31 Å². The number of carbonyl (C=O) groups is 1. The van der Waals surface area contributed by atoms with E-state index in [-0.39, 0.29) is 4.90 Å². The molecule has 1 fully saturated rings. The molecule has 1 aromatic carbocycles. The van der Waals surface area contributed by atoms with Crippen LogP contribution < -0.4 is 0 Å². The molecule has 1 aliphatic heterocycles. The minimum absolute atomic E-state index is 0.274. The van der Waals surface area contributed by atoms with E-state index in [0.29, 0.717) is 18.5 Å². The second-order valence-corrected chi connectivity index (χ2v) is 7.50. The lowest BCUT2D eigenvalue weighted by molar-refractivity contribution is -0.111. The Morgan fingerprint density at radius 1 is 1.37 bits per heavy atom. The minimum Gasteiger partial charge on any atom is -0.302 e. The lowest BCUT2D eigenvalue weighted by atomic mass is 10.1. The van der Waals surface area contributed by atoms with Gasteiger partial charge in [-0.1, -0.05) is 28.4 Å². The first-order valence-corrected chi connectivity index (χ1v) is 8.43. The Bertz CT molecular complexity index is 586. The zero-order chi connectivity index (χ0) is 14.0. The Balaban J connectivity index is 2.46. The normalized spacial score (nSPS) is 21.3. The van der Waals surface area contributed by atoms with E-state index in [2.05, 4.69) is 15.9 Å². The van der Waals surface area contributed by atoms with E-state index in [9.17, 15) is 13.2 Å². The molecule has 1 aromatic rings. The van der Waals surface area contributed by atoms with Crippen molar-refractivity contribution in [2.75, 3.05) is 6.54 Å². The Hall–Kier alpha value is -0.720. The lowest BCUT2D eigenvalue weighted by Gasteiger charge is -2.31. The molecule has 2 rings (SSSR count). The van der Waals surface area contributed by atoms with Crippen molar-refractivity contribution < 1.29 is 13.2 Å². The van der Waals surface area contributed by atoms with E-state index < -0.39 is 16.1 Å². The van der Waals surface area contributed by atoms with Crippen molar-refractivity contribution in [3.05, 3.63) is 28.2 Å². The molecule has 0 saturated carbocycles. The van der Waals surface area contributed by atoms with Gasteiger partial charge >= 0.3 is 0 Å². The second-order valence-electron chi connectivity index (χ2n) is 4.72. The summed E-state index contributed by atoms with van der Waals surface area (Å²) in [4.78, 5) is 11.4. The average Bonchev–Trinajstić information content (AvgIpc) is 2.41. The van der Waals surface area contributed by atoms with Crippen LogP contribution in [0.25, 0.3) is 0 Å². The topological polar surface area (TPSA) is 54.5 Å². The summed E-state index contributed by atoms with van der Waals surface area (Å²) >= 11 is 3.29. The fourth-order valence-corrected chi connectivity index (χ4v) is 4.74. The number of benzene rings is 1. The average molecular weight is 346 g/mol. The SMILES string of the molecule is Cc1ccc(Br)cc1S(=O)(=O)N1CCCCC1C=O. The molecule has 1 atom stereocenters. The molecule has 0 radical (unpaired) electrons. The number of rotatable bonds is 3. The molecule has 1 unspecified atom stereocenters. The van der Waals surface area contributed by atoms with E-state index in [1.54, 1.807) is 19.1 Å². The number of piperidine rings is 1. The number of nitrogens with zero attached hydrogens (tertiary/aromatic N) is 1. The fraction of sp³-hybridized carbons (Fsp3) is 0.462. The zero-order valence-corrected chi connectivity index (χ0v) is 13.1. The molecule has 0 spiro atoms. The molecule has 0 aromatic heterocycles. The molecule has 6 heteroatoms. The van der Waals surface area contributed by atoms with Crippen LogP contribution >= 0.6 is 15.9 Å². The quantitative estimate of drug-likeness (QED) is 0.791. The third kappa shape index (κ3) is 2.90. The lowest BCUT2D eigenvalue weighted by Crippen LogP contribution is -2.44. The molecule has 0 N–H and O–H groups in total. The maximum Gasteiger partial charge on any atom is 0.244 e. The number of aryl methyl sites for hydroxylation is 1. The van der Waals surface area contributed by atoms with E-state index in [0.717, 1.165) is 23.6 Å². The van der Waals surface area contributed by atoms with Gasteiger partial charge in [-0.3, -0.25) is 0 Å². The Morgan fingerprint density at radius 3 is 2.79 bits per heavy atom. The van der Waals surface area contributed by atoms with Gasteiger partial charge in [0.05, 0.1) is 10.9 Å². The predicted octanol–water partition coefficient (Wildman–Crippen LogP) is 2.50. The van der Waals surface area contributed by atoms with Crippen LogP contribution in [0.15, 0.2) is 27.6 Å². The summed E-state index contributed by atoms with van der Waals surface area (Å²) in [6.07, 6.45) is 3.04. The molecule has 104 valence electrons. The monoisotopic (exact) mass is 345 g/mol. The third-order valence-corrected chi connectivity index (χ3v) is 5.95. The van der Waals surface area contributed by atoms with E-state index in [1.807, 2.05) is 6.07 Å². The van der Waals surface area contributed by atoms with E-state index >= 15 is 0 Å². The Labute approximate surface area is 122 Å². The van der Waals surface area contributed by atoms with Crippen LogP contribution in [0.5, 0.6) is 0 Å². The molecular weight excluding hydrogens is 330 g/mol. The molecule has 19 heavy (non-hydrogen) atoms. The van der Waals surface area contributed by atoms with Crippen molar-refractivity contribution in [2.24, 2.45) is 0 Å². The van der Waals surface area contributed by atoms with Crippen molar-refractivity contribution in [2.45, 2.75) is 37.1 Å². The first kappa shape index (κ1) is 14.7. The van der Waals surface area contributed by atoms with Crippen LogP contribution in [-0.2, 0) is 14.8 Å². The maximum absolute atomic E-state index is 12.7. The Morgan fingerprint density at radius 2 is 2.11 bits per heavy atom. The molecule has 1 aliphatic rings. The summed E-state index contributed by atoms with van der Waals surface area (Å²) in [6.45, 7) is 2.18. The number of hydrogen-bond acceptors (Lipinski definition) is 3. The van der Waals surface area contributed by atoms with Gasteiger partial charge in [0.1, 0.15) is 6.29 Å². The molecule has 0 aliphatic carbocycles. The van der Waals surface area contributed by atoms with Gasteiger partial charge in [0, 0.05) is 11.0 Å². The third-order valence-electron chi connectivity index (χ3n) is 3.39. The molecular formula is C13H16BrNO3S. The van der Waals surface area contributed by atoms with Gasteiger partial charge in [0.2, 0.25) is 10.0 Å². The number of halogens is 1. The number of hydrogen-bond donors (Lipinski definition) is 0. The molecule has 1 saturated heterocycles. The van der Waals surface area contributed by atoms with Crippen LogP contribution in [0.2, 0.25) is 0 Å². The summed E-state index contributed by atoms with van der Waals surface area (Å²) in [5.41, 5.74) is 0.693. The van der Waals surface area contributed by atoms with Crippen LogP contribution in [0.1, 0.15) is 24.8 Å². The highest BCUT2D eigenvalue weighted by Crippen LogP contribution is 2.28. The predicted molar refractivity (Wildman–Crippen MR) is 76.5 cm³/mol. The van der Waals surface area contributed by atoms with Crippen molar-refractivity contribution in [1.29, 1.82) is 0 Å². The Kier molecular flexibility index (Phi) is 4.43. The van der Waals surface area contributed by atoms with Crippen LogP contribution in [0.3, 0.4) is 0 Å². The van der Waals surface area contributed by atoms with Crippen LogP contribution in [0, 0.1) is 6.92 Å². The number of carbonyl (C=O) groups excluding carboxylic acids is 1. The van der Waals surface area contributed by atoms with Crippen LogP contribution in [-0.4, -0.2) is 31.6 Å². The van der Waals surface area contributed by atoms with E-state index in [4.69, 9.17) is 0 Å². The highest BCUT2D eigenvalue weighted by atomic mass is 79.9. The zero-order valence-electron chi connectivity index (χ0n) is 10.7. The molecule has 0 amide bonds. The van der Waals surface area contributed by atoms with Gasteiger partial charge < -0.3 is 4.79 Å². The standard InChI is InChI=1S/C13H16BrNO3S/c1-10-5-6-11(14)8-13(10)19(17,18)15-7-3-2-4-12(15)9-16/h5-6,8-9,12H,2-4,7H2,1H3. The van der Waals surface area contributed by atoms with Gasteiger partial charge in [0.15, 0.2) is 0 Å². The van der Waals surface area contributed by atoms with E-state index in [1.165, 1.54) is 4.31 Å². The molecule has 0 bridgehead atoms. The second kappa shape index (κ2) is 5.73. The summed E-state index contributed by atoms with van der Waals surface area (Å²) in [7, 11) is -3.60. The molecule has 1 heterocycles. The largest absolute Gasteiger partial charge is 0.302 e. The smallest absolute Gasteiger partial charge is 0.244 e. The van der Waals surface area contributed by atoms with Gasteiger partial charge in [0.25, 0.3) is 0 Å². The first-order chi connectivity index (χ1) is 8.96. The minimum atomic E-state index is -3.60. The highest BCUT2D eigenvalue weighted by molar-refractivity contribution is 9.10. The summed E-state index contributed by atoms with van der Waals surface area (Å²) in [5.74, 6) is 0. The van der Waals surface area contributed by atoms with Crippen molar-refractivity contribution in [3.8, 4) is 0 Å². The molecule has 4 nitrogen and oxygen atoms in total. The fourth-order valence-electron chi connectivity index (χ4n) is 2.34. The van der Waals surface area contributed by atoms with Crippen molar-refractivity contribution >= 4 is 32.2 Å². The summed E-state index contributed by atoms with van der Waals surface area (Å²) < 4.78 is 27.4. The maximum atomic E-state index is 12.7. The van der Waals surface area contributed by atoms with Gasteiger partial charge in [-0.15, -0.1) is 0 Å². The summed E-state index contributed by atoms with van der Waals surface area (Å²) in [5, 5.41) is 0. The van der Waals surface area contributed by atoms with Gasteiger partial charge in [-0.25, -0.2) is 8.42 Å². The van der Waals surface area contributed by atoms with Crippen molar-refractivity contribution in [3.63, 3.8) is 0 Å². The number of aldehydes is 1. The van der Waals surface area contributed by atoms with Gasteiger partial charge in [-0.05, 0) is 37.5 Å². The highest BCUT2D eigenvalue weighted by Gasteiger charge is 2.34.